The molecule has 0 bridgehead atoms. The molecule has 2 aromatic carbocycles. The Hall–Kier alpha value is -1.92. The van der Waals surface area contributed by atoms with E-state index in [1.165, 1.54) is 11.3 Å². The van der Waals surface area contributed by atoms with E-state index < -0.39 is 0 Å². The Kier molecular flexibility index (Phi) is 4.13. The molecule has 1 amide bonds. The van der Waals surface area contributed by atoms with Crippen LogP contribution in [0.1, 0.15) is 10.4 Å². The van der Waals surface area contributed by atoms with Gasteiger partial charge in [0.2, 0.25) is 0 Å². The van der Waals surface area contributed by atoms with E-state index in [2.05, 4.69) is 26.2 Å². The molecular formula is C16H14BrN3OS. The fourth-order valence-electron chi connectivity index (χ4n) is 2.03. The molecule has 0 saturated heterocycles. The molecule has 3 rings (SSSR count). The standard InChI is InChI=1S/C16H14BrN3OS/c1-20(2)12-6-3-10(4-7-12)15(21)19-16-18-13-8-5-11(17)9-14(13)22-16/h3-9H,1-2H3,(H,18,19,21). The number of benzene rings is 2. The van der Waals surface area contributed by atoms with Crippen molar-refractivity contribution in [3.05, 3.63) is 52.5 Å². The Bertz CT molecular complexity index is 827. The summed E-state index contributed by atoms with van der Waals surface area (Å²) in [5.41, 5.74) is 2.55. The summed E-state index contributed by atoms with van der Waals surface area (Å²) in [5.74, 6) is -0.150. The summed E-state index contributed by atoms with van der Waals surface area (Å²) in [6.07, 6.45) is 0. The Morgan fingerprint density at radius 2 is 1.91 bits per heavy atom. The Labute approximate surface area is 140 Å². The molecule has 6 heteroatoms. The molecule has 1 aromatic heterocycles. The summed E-state index contributed by atoms with van der Waals surface area (Å²) in [6, 6.07) is 13.3. The van der Waals surface area contributed by atoms with Crippen molar-refractivity contribution in [1.29, 1.82) is 0 Å². The zero-order valence-corrected chi connectivity index (χ0v) is 14.5. The van der Waals surface area contributed by atoms with Crippen molar-refractivity contribution in [3.8, 4) is 0 Å². The molecule has 0 aliphatic heterocycles. The first-order valence-corrected chi connectivity index (χ1v) is 8.29. The number of nitrogens with one attached hydrogen (secondary N) is 1. The highest BCUT2D eigenvalue weighted by Crippen LogP contribution is 2.28. The third kappa shape index (κ3) is 3.13. The number of aromatic nitrogens is 1. The van der Waals surface area contributed by atoms with Crippen LogP contribution in [0, 0.1) is 0 Å². The van der Waals surface area contributed by atoms with Gasteiger partial charge in [-0.15, -0.1) is 0 Å². The summed E-state index contributed by atoms with van der Waals surface area (Å²) < 4.78 is 2.04. The molecule has 0 fully saturated rings. The van der Waals surface area contributed by atoms with Crippen LogP contribution < -0.4 is 10.2 Å². The van der Waals surface area contributed by atoms with Crippen molar-refractivity contribution in [1.82, 2.24) is 4.98 Å². The van der Waals surface area contributed by atoms with E-state index in [-0.39, 0.29) is 5.91 Å². The van der Waals surface area contributed by atoms with Crippen molar-refractivity contribution in [3.63, 3.8) is 0 Å². The predicted octanol–water partition coefficient (Wildman–Crippen LogP) is 4.38. The van der Waals surface area contributed by atoms with Gasteiger partial charge in [-0.05, 0) is 42.5 Å². The van der Waals surface area contributed by atoms with Crippen LogP contribution in [0.3, 0.4) is 0 Å². The van der Waals surface area contributed by atoms with Gasteiger partial charge in [0.1, 0.15) is 0 Å². The van der Waals surface area contributed by atoms with E-state index in [1.807, 2.05) is 61.5 Å². The fourth-order valence-corrected chi connectivity index (χ4v) is 3.44. The molecule has 0 spiro atoms. The molecule has 0 radical (unpaired) electrons. The number of carbonyl (C=O) groups is 1. The maximum absolute atomic E-state index is 12.3. The van der Waals surface area contributed by atoms with Crippen LogP contribution in [0.2, 0.25) is 0 Å². The highest BCUT2D eigenvalue weighted by molar-refractivity contribution is 9.10. The van der Waals surface area contributed by atoms with E-state index in [0.717, 1.165) is 20.4 Å². The van der Waals surface area contributed by atoms with E-state index >= 15 is 0 Å². The molecule has 1 N–H and O–H groups in total. The van der Waals surface area contributed by atoms with Gasteiger partial charge in [0.05, 0.1) is 10.2 Å². The van der Waals surface area contributed by atoms with Crippen molar-refractivity contribution in [2.45, 2.75) is 0 Å². The largest absolute Gasteiger partial charge is 0.378 e. The Balaban J connectivity index is 1.80. The normalized spacial score (nSPS) is 10.7. The number of thiazole rings is 1. The monoisotopic (exact) mass is 375 g/mol. The van der Waals surface area contributed by atoms with Gasteiger partial charge >= 0.3 is 0 Å². The molecule has 3 aromatic rings. The summed E-state index contributed by atoms with van der Waals surface area (Å²) in [5, 5.41) is 3.46. The second-order valence-corrected chi connectivity index (χ2v) is 6.97. The summed E-state index contributed by atoms with van der Waals surface area (Å²) in [6.45, 7) is 0. The van der Waals surface area contributed by atoms with E-state index in [1.54, 1.807) is 0 Å². The van der Waals surface area contributed by atoms with Gasteiger partial charge in [0.25, 0.3) is 5.91 Å². The summed E-state index contributed by atoms with van der Waals surface area (Å²) in [4.78, 5) is 18.7. The number of hydrogen-bond acceptors (Lipinski definition) is 4. The molecule has 1 heterocycles. The topological polar surface area (TPSA) is 45.2 Å². The molecule has 0 unspecified atom stereocenters. The van der Waals surface area contributed by atoms with Crippen LogP contribution in [-0.4, -0.2) is 25.0 Å². The highest BCUT2D eigenvalue weighted by atomic mass is 79.9. The van der Waals surface area contributed by atoms with Crippen LogP contribution >= 0.6 is 27.3 Å². The number of carbonyl (C=O) groups excluding carboxylic acids is 1. The van der Waals surface area contributed by atoms with Gasteiger partial charge < -0.3 is 4.90 Å². The second kappa shape index (κ2) is 6.06. The van der Waals surface area contributed by atoms with Crippen LogP contribution in [0.4, 0.5) is 10.8 Å². The smallest absolute Gasteiger partial charge is 0.257 e. The maximum atomic E-state index is 12.3. The van der Waals surface area contributed by atoms with Crippen molar-refractivity contribution < 1.29 is 4.79 Å². The molecule has 22 heavy (non-hydrogen) atoms. The fraction of sp³-hybridized carbons (Fsp3) is 0.125. The number of halogens is 1. The van der Waals surface area contributed by atoms with Gasteiger partial charge in [-0.3, -0.25) is 10.1 Å². The zero-order valence-electron chi connectivity index (χ0n) is 12.1. The molecule has 4 nitrogen and oxygen atoms in total. The van der Waals surface area contributed by atoms with Gasteiger partial charge in [-0.25, -0.2) is 4.98 Å². The molecule has 0 saturated carbocycles. The number of nitrogens with zero attached hydrogens (tertiary/aromatic N) is 2. The van der Waals surface area contributed by atoms with Crippen LogP contribution in [0.5, 0.6) is 0 Å². The summed E-state index contributed by atoms with van der Waals surface area (Å²) in [7, 11) is 3.93. The quantitative estimate of drug-likeness (QED) is 0.738. The SMILES string of the molecule is CN(C)c1ccc(C(=O)Nc2nc3ccc(Br)cc3s2)cc1. The van der Waals surface area contributed by atoms with Crippen molar-refractivity contribution in [2.75, 3.05) is 24.3 Å². The summed E-state index contributed by atoms with van der Waals surface area (Å²) >= 11 is 4.90. The van der Waals surface area contributed by atoms with Crippen molar-refractivity contribution in [2.24, 2.45) is 0 Å². The number of hydrogen-bond donors (Lipinski definition) is 1. The zero-order chi connectivity index (χ0) is 15.7. The molecular weight excluding hydrogens is 362 g/mol. The first kappa shape index (κ1) is 15.0. The minimum atomic E-state index is -0.150. The predicted molar refractivity (Wildman–Crippen MR) is 96.0 cm³/mol. The lowest BCUT2D eigenvalue weighted by atomic mass is 10.2. The lowest BCUT2D eigenvalue weighted by molar-refractivity contribution is 0.102. The number of anilines is 2. The Morgan fingerprint density at radius 3 is 2.59 bits per heavy atom. The highest BCUT2D eigenvalue weighted by Gasteiger charge is 2.10. The third-order valence-electron chi connectivity index (χ3n) is 3.22. The molecule has 0 aliphatic rings. The second-order valence-electron chi connectivity index (χ2n) is 5.03. The molecule has 0 atom stereocenters. The van der Waals surface area contributed by atoms with Crippen LogP contribution in [0.25, 0.3) is 10.2 Å². The van der Waals surface area contributed by atoms with Crippen LogP contribution in [0.15, 0.2) is 46.9 Å². The number of rotatable bonds is 3. The average molecular weight is 376 g/mol. The van der Waals surface area contributed by atoms with Gasteiger partial charge in [-0.1, -0.05) is 27.3 Å². The maximum Gasteiger partial charge on any atom is 0.257 e. The Morgan fingerprint density at radius 1 is 1.18 bits per heavy atom. The van der Waals surface area contributed by atoms with E-state index in [4.69, 9.17) is 0 Å². The minimum absolute atomic E-state index is 0.150. The van der Waals surface area contributed by atoms with Crippen molar-refractivity contribution >= 4 is 54.2 Å². The third-order valence-corrected chi connectivity index (χ3v) is 4.64. The van der Waals surface area contributed by atoms with E-state index in [9.17, 15) is 4.79 Å². The van der Waals surface area contributed by atoms with Crippen LogP contribution in [-0.2, 0) is 0 Å². The number of fused-ring (bicyclic) bond motifs is 1. The lowest BCUT2D eigenvalue weighted by Gasteiger charge is -2.12. The molecule has 0 aliphatic carbocycles. The van der Waals surface area contributed by atoms with Gasteiger partial charge in [0.15, 0.2) is 5.13 Å². The first-order valence-electron chi connectivity index (χ1n) is 6.68. The van der Waals surface area contributed by atoms with Gasteiger partial charge in [0, 0.05) is 29.8 Å². The number of amides is 1. The van der Waals surface area contributed by atoms with E-state index in [0.29, 0.717) is 10.7 Å². The lowest BCUT2D eigenvalue weighted by Crippen LogP contribution is -2.13. The average Bonchev–Trinajstić information content (AvgIpc) is 2.88. The minimum Gasteiger partial charge on any atom is -0.378 e. The molecule has 112 valence electrons. The van der Waals surface area contributed by atoms with Gasteiger partial charge in [-0.2, -0.15) is 0 Å². The first-order chi connectivity index (χ1) is 10.5.